The van der Waals surface area contributed by atoms with E-state index < -0.39 is 11.9 Å². The number of cyclic esters (lactones) is 1. The smallest absolute Gasteiger partial charge is 0.325 e. The van der Waals surface area contributed by atoms with E-state index >= 15 is 0 Å². The van der Waals surface area contributed by atoms with Gasteiger partial charge in [-0.05, 0) is 6.08 Å². The van der Waals surface area contributed by atoms with Gasteiger partial charge in [0.25, 0.3) is 0 Å². The van der Waals surface area contributed by atoms with Gasteiger partial charge in [0.15, 0.2) is 0 Å². The van der Waals surface area contributed by atoms with Crippen molar-refractivity contribution in [1.82, 2.24) is 10.6 Å². The Morgan fingerprint density at radius 3 is 2.73 bits per heavy atom. The fraction of sp³-hybridized carbons (Fsp3) is 0.444. The van der Waals surface area contributed by atoms with Gasteiger partial charge in [-0.25, -0.2) is 0 Å². The molecule has 1 rings (SSSR count). The number of amides is 2. The highest BCUT2D eigenvalue weighted by Crippen LogP contribution is 1.87. The van der Waals surface area contributed by atoms with Crippen molar-refractivity contribution in [3.05, 3.63) is 12.2 Å². The Morgan fingerprint density at radius 1 is 1.13 bits per heavy atom. The molecule has 0 aliphatic carbocycles. The van der Waals surface area contributed by atoms with Gasteiger partial charge in [0, 0.05) is 6.42 Å². The largest absolute Gasteiger partial charge is 0.464 e. The maximum Gasteiger partial charge on any atom is 0.325 e. The lowest BCUT2D eigenvalue weighted by molar-refractivity contribution is -0.143. The second kappa shape index (κ2) is 5.79. The second-order valence-corrected chi connectivity index (χ2v) is 2.91. The van der Waals surface area contributed by atoms with Crippen LogP contribution in [0.25, 0.3) is 0 Å². The molecule has 0 fully saturated rings. The Bertz CT molecular complexity index is 298. The van der Waals surface area contributed by atoms with Crippen molar-refractivity contribution in [1.29, 1.82) is 0 Å². The summed E-state index contributed by atoms with van der Waals surface area (Å²) in [6.07, 6.45) is 3.37. The quantitative estimate of drug-likeness (QED) is 0.490. The van der Waals surface area contributed by atoms with Crippen LogP contribution in [0.1, 0.15) is 6.42 Å². The van der Waals surface area contributed by atoms with E-state index in [2.05, 4.69) is 10.6 Å². The van der Waals surface area contributed by atoms with Crippen LogP contribution >= 0.6 is 0 Å². The molecule has 0 aromatic heterocycles. The molecule has 0 atom stereocenters. The molecule has 0 aromatic carbocycles. The third-order valence-corrected chi connectivity index (χ3v) is 1.67. The van der Waals surface area contributed by atoms with Crippen molar-refractivity contribution in [3.8, 4) is 0 Å². The summed E-state index contributed by atoms with van der Waals surface area (Å²) >= 11 is 0. The highest BCUT2D eigenvalue weighted by molar-refractivity contribution is 5.91. The van der Waals surface area contributed by atoms with E-state index in [-0.39, 0.29) is 25.6 Å². The normalized spacial score (nSPS) is 21.5. The van der Waals surface area contributed by atoms with Crippen LogP contribution in [0.5, 0.6) is 0 Å². The van der Waals surface area contributed by atoms with Crippen LogP contribution in [0.4, 0.5) is 0 Å². The first-order valence-electron chi connectivity index (χ1n) is 4.55. The van der Waals surface area contributed by atoms with E-state index in [4.69, 9.17) is 4.74 Å². The lowest BCUT2D eigenvalue weighted by Gasteiger charge is -2.07. The van der Waals surface area contributed by atoms with Crippen LogP contribution in [0.3, 0.4) is 0 Å². The molecule has 0 unspecified atom stereocenters. The van der Waals surface area contributed by atoms with Gasteiger partial charge in [-0.3, -0.25) is 14.4 Å². The number of hydrogen-bond acceptors (Lipinski definition) is 4. The predicted molar refractivity (Wildman–Crippen MR) is 50.7 cm³/mol. The summed E-state index contributed by atoms with van der Waals surface area (Å²) in [5.74, 6) is -1.24. The van der Waals surface area contributed by atoms with Gasteiger partial charge < -0.3 is 15.4 Å². The minimum Gasteiger partial charge on any atom is -0.464 e. The molecule has 0 radical (unpaired) electrons. The van der Waals surface area contributed by atoms with Crippen LogP contribution in [-0.2, 0) is 19.1 Å². The minimum absolute atomic E-state index is 0.142. The van der Waals surface area contributed by atoms with E-state index in [0.29, 0.717) is 6.42 Å². The highest BCUT2D eigenvalue weighted by atomic mass is 16.5. The summed E-state index contributed by atoms with van der Waals surface area (Å²) in [7, 11) is 0. The van der Waals surface area contributed by atoms with Crippen LogP contribution in [0.2, 0.25) is 0 Å². The summed E-state index contributed by atoms with van der Waals surface area (Å²) in [5.41, 5.74) is 0. The summed E-state index contributed by atoms with van der Waals surface area (Å²) in [6, 6.07) is 0. The molecule has 1 heterocycles. The van der Waals surface area contributed by atoms with Gasteiger partial charge in [0.05, 0.1) is 13.2 Å². The zero-order valence-electron chi connectivity index (χ0n) is 8.12. The topological polar surface area (TPSA) is 84.5 Å². The molecule has 6 nitrogen and oxygen atoms in total. The number of nitrogens with one attached hydrogen (secondary N) is 2. The van der Waals surface area contributed by atoms with E-state index in [9.17, 15) is 14.4 Å². The van der Waals surface area contributed by atoms with Gasteiger partial charge in [0.2, 0.25) is 11.8 Å². The maximum absolute atomic E-state index is 11.0. The van der Waals surface area contributed by atoms with Gasteiger partial charge in [0.1, 0.15) is 6.54 Å². The molecule has 0 aromatic rings. The fourth-order valence-electron chi connectivity index (χ4n) is 0.942. The SMILES string of the molecule is O=C1/C=C\CCOC(=O)CNC(=O)CN1. The van der Waals surface area contributed by atoms with Gasteiger partial charge >= 0.3 is 5.97 Å². The number of ether oxygens (including phenoxy) is 1. The van der Waals surface area contributed by atoms with Crippen molar-refractivity contribution in [2.75, 3.05) is 19.7 Å². The molecule has 6 heteroatoms. The first kappa shape index (κ1) is 11.2. The van der Waals surface area contributed by atoms with Crippen LogP contribution in [-0.4, -0.2) is 37.5 Å². The summed E-state index contributed by atoms with van der Waals surface area (Å²) < 4.78 is 4.76. The van der Waals surface area contributed by atoms with Crippen molar-refractivity contribution in [3.63, 3.8) is 0 Å². The number of carbonyl (C=O) groups excluding carboxylic acids is 3. The third-order valence-electron chi connectivity index (χ3n) is 1.67. The van der Waals surface area contributed by atoms with Crippen molar-refractivity contribution in [2.45, 2.75) is 6.42 Å². The molecule has 0 spiro atoms. The Kier molecular flexibility index (Phi) is 4.33. The van der Waals surface area contributed by atoms with Crippen LogP contribution < -0.4 is 10.6 Å². The van der Waals surface area contributed by atoms with E-state index in [0.717, 1.165) is 0 Å². The van der Waals surface area contributed by atoms with E-state index in [1.54, 1.807) is 6.08 Å². The summed E-state index contributed by atoms with van der Waals surface area (Å²) in [6.45, 7) is -0.104. The molecule has 0 saturated carbocycles. The Morgan fingerprint density at radius 2 is 1.93 bits per heavy atom. The van der Waals surface area contributed by atoms with E-state index in [1.165, 1.54) is 6.08 Å². The molecule has 2 amide bonds. The average molecular weight is 212 g/mol. The van der Waals surface area contributed by atoms with Gasteiger partial charge in [-0.2, -0.15) is 0 Å². The first-order chi connectivity index (χ1) is 7.18. The van der Waals surface area contributed by atoms with Crippen molar-refractivity contribution < 1.29 is 19.1 Å². The zero-order chi connectivity index (χ0) is 11.1. The second-order valence-electron chi connectivity index (χ2n) is 2.91. The van der Waals surface area contributed by atoms with Crippen LogP contribution in [0.15, 0.2) is 12.2 Å². The molecular formula is C9H12N2O4. The Labute approximate surface area is 86.7 Å². The monoisotopic (exact) mass is 212 g/mol. The maximum atomic E-state index is 11.0. The summed E-state index contributed by atoms with van der Waals surface area (Å²) in [4.78, 5) is 33.0. The Balaban J connectivity index is 2.51. The third kappa shape index (κ3) is 4.80. The molecule has 15 heavy (non-hydrogen) atoms. The van der Waals surface area contributed by atoms with Crippen LogP contribution in [0, 0.1) is 0 Å². The molecular weight excluding hydrogens is 200 g/mol. The van der Waals surface area contributed by atoms with Gasteiger partial charge in [-0.15, -0.1) is 0 Å². The van der Waals surface area contributed by atoms with Crippen molar-refractivity contribution >= 4 is 17.8 Å². The predicted octanol–water partition coefficient (Wildman–Crippen LogP) is -1.28. The molecule has 0 saturated heterocycles. The van der Waals surface area contributed by atoms with E-state index in [1.807, 2.05) is 0 Å². The standard InChI is InChI=1S/C9H12N2O4/c12-7-3-1-2-4-15-9(14)6-11-8(13)5-10-7/h1,3H,2,4-6H2,(H,10,12)(H,11,13)/b3-1-. The highest BCUT2D eigenvalue weighted by Gasteiger charge is 2.07. The zero-order valence-corrected chi connectivity index (χ0v) is 8.12. The molecule has 0 bridgehead atoms. The summed E-state index contributed by atoms with van der Waals surface area (Å²) in [5, 5.41) is 4.69. The molecule has 1 aliphatic heterocycles. The van der Waals surface area contributed by atoms with Crippen molar-refractivity contribution in [2.24, 2.45) is 0 Å². The van der Waals surface area contributed by atoms with Gasteiger partial charge in [-0.1, -0.05) is 6.08 Å². The number of hydrogen-bond donors (Lipinski definition) is 2. The average Bonchev–Trinajstić information content (AvgIpc) is 2.21. The lowest BCUT2D eigenvalue weighted by atomic mass is 10.3. The number of rotatable bonds is 0. The molecule has 2 N–H and O–H groups in total. The number of esters is 1. The molecule has 82 valence electrons. The number of carbonyl (C=O) groups is 3. The minimum atomic E-state index is -0.483. The lowest BCUT2D eigenvalue weighted by Crippen LogP contribution is -2.39. The molecule has 1 aliphatic rings. The first-order valence-corrected chi connectivity index (χ1v) is 4.55. The Hall–Kier alpha value is -1.85. The fourth-order valence-corrected chi connectivity index (χ4v) is 0.942.